The summed E-state index contributed by atoms with van der Waals surface area (Å²) < 4.78 is 19.4. The molecule has 1 aromatic carbocycles. The van der Waals surface area contributed by atoms with Gasteiger partial charge in [-0.2, -0.15) is 0 Å². The molecule has 0 spiro atoms. The van der Waals surface area contributed by atoms with Crippen molar-refractivity contribution in [2.45, 2.75) is 25.4 Å². The number of methoxy groups -OCH3 is 1. The van der Waals surface area contributed by atoms with Gasteiger partial charge >= 0.3 is 6.09 Å². The summed E-state index contributed by atoms with van der Waals surface area (Å²) in [5.41, 5.74) is 0.563. The number of ether oxygens (including phenoxy) is 1. The Hall–Kier alpha value is -4.48. The average Bonchev–Trinajstić information content (AvgIpc) is 3.24. The Balaban J connectivity index is 1.73. The molecule has 0 saturated carbocycles. The number of likely N-dealkylation sites (N-methyl/N-ethyl adjacent to an activating group) is 1. The molecule has 2 heterocycles. The van der Waals surface area contributed by atoms with Crippen LogP contribution in [0.5, 0.6) is 0 Å². The molecule has 3 rings (SSSR count). The summed E-state index contributed by atoms with van der Waals surface area (Å²) in [6.45, 7) is 0.0629. The monoisotopic (exact) mass is 498 g/mol. The van der Waals surface area contributed by atoms with E-state index in [1.807, 2.05) is 0 Å². The number of benzene rings is 1. The van der Waals surface area contributed by atoms with E-state index >= 15 is 0 Å². The molecule has 0 aliphatic heterocycles. The van der Waals surface area contributed by atoms with Gasteiger partial charge in [0.1, 0.15) is 23.4 Å². The lowest BCUT2D eigenvalue weighted by Gasteiger charge is -2.17. The van der Waals surface area contributed by atoms with E-state index in [4.69, 9.17) is 0 Å². The number of aromatic nitrogens is 3. The maximum Gasteiger partial charge on any atom is 0.407 e. The van der Waals surface area contributed by atoms with Gasteiger partial charge in [0.15, 0.2) is 0 Å². The number of amides is 3. The van der Waals surface area contributed by atoms with E-state index in [1.165, 1.54) is 47.0 Å². The standard InChI is InChI=1S/C24H27FN6O5/c1-30(2)21(32)9-5-4-7-17(29-24(35)36-3)22(33)28-18-8-6-12-31(23(18)34)14-20-26-16-11-10-15(25)13-19(16)27-20/h5-6,8-13,17H,4,7,14H2,1-3H3,(H,26,27)(H,28,33)(H,29,35)/b9-5+. The van der Waals surface area contributed by atoms with Crippen LogP contribution in [0.1, 0.15) is 18.7 Å². The van der Waals surface area contributed by atoms with Crippen molar-refractivity contribution < 1.29 is 23.5 Å². The minimum Gasteiger partial charge on any atom is -0.453 e. The fraction of sp³-hybridized carbons (Fsp3) is 0.292. The second kappa shape index (κ2) is 11.8. The van der Waals surface area contributed by atoms with Crippen molar-refractivity contribution in [1.82, 2.24) is 24.8 Å². The molecule has 0 bridgehead atoms. The first-order chi connectivity index (χ1) is 17.2. The van der Waals surface area contributed by atoms with Crippen molar-refractivity contribution in [1.29, 1.82) is 0 Å². The number of nitrogens with zero attached hydrogens (tertiary/aromatic N) is 3. The summed E-state index contributed by atoms with van der Waals surface area (Å²) in [5, 5.41) is 4.98. The molecule has 190 valence electrons. The number of fused-ring (bicyclic) bond motifs is 1. The Morgan fingerprint density at radius 3 is 2.78 bits per heavy atom. The van der Waals surface area contributed by atoms with E-state index in [-0.39, 0.29) is 24.6 Å². The highest BCUT2D eigenvalue weighted by molar-refractivity contribution is 5.96. The number of hydrogen-bond acceptors (Lipinski definition) is 6. The summed E-state index contributed by atoms with van der Waals surface area (Å²) in [6.07, 6.45) is 4.16. The van der Waals surface area contributed by atoms with Crippen LogP contribution in [0.15, 0.2) is 53.5 Å². The summed E-state index contributed by atoms with van der Waals surface area (Å²) >= 11 is 0. The zero-order valence-electron chi connectivity index (χ0n) is 20.1. The van der Waals surface area contributed by atoms with Crippen LogP contribution in [0.4, 0.5) is 14.9 Å². The molecule has 0 saturated heterocycles. The van der Waals surface area contributed by atoms with Gasteiger partial charge in [-0.05, 0) is 43.2 Å². The topological polar surface area (TPSA) is 138 Å². The highest BCUT2D eigenvalue weighted by Gasteiger charge is 2.22. The Labute approximate surface area is 206 Å². The summed E-state index contributed by atoms with van der Waals surface area (Å²) in [7, 11) is 4.40. The van der Waals surface area contributed by atoms with Crippen molar-refractivity contribution in [2.75, 3.05) is 26.5 Å². The van der Waals surface area contributed by atoms with Gasteiger partial charge in [0.25, 0.3) is 5.56 Å². The molecule has 1 unspecified atom stereocenters. The predicted molar refractivity (Wildman–Crippen MR) is 131 cm³/mol. The first-order valence-electron chi connectivity index (χ1n) is 11.0. The van der Waals surface area contributed by atoms with E-state index in [2.05, 4.69) is 25.3 Å². The molecule has 3 amide bonds. The van der Waals surface area contributed by atoms with Crippen LogP contribution < -0.4 is 16.2 Å². The lowest BCUT2D eigenvalue weighted by atomic mass is 10.1. The number of rotatable bonds is 9. The number of H-pyrrole nitrogens is 1. The van der Waals surface area contributed by atoms with Crippen LogP contribution >= 0.6 is 0 Å². The number of aromatic amines is 1. The normalized spacial score (nSPS) is 11.9. The van der Waals surface area contributed by atoms with Crippen molar-refractivity contribution in [3.63, 3.8) is 0 Å². The third kappa shape index (κ3) is 6.78. The fourth-order valence-electron chi connectivity index (χ4n) is 3.31. The van der Waals surface area contributed by atoms with Gasteiger partial charge in [-0.3, -0.25) is 14.4 Å². The number of halogens is 1. The highest BCUT2D eigenvalue weighted by Crippen LogP contribution is 2.13. The molecule has 12 heteroatoms. The second-order valence-corrected chi connectivity index (χ2v) is 8.09. The quantitative estimate of drug-likeness (QED) is 0.386. The van der Waals surface area contributed by atoms with Crippen molar-refractivity contribution >= 4 is 34.6 Å². The Morgan fingerprint density at radius 1 is 1.28 bits per heavy atom. The molecule has 0 fully saturated rings. The average molecular weight is 499 g/mol. The molecule has 0 aliphatic rings. The number of carbonyl (C=O) groups is 3. The largest absolute Gasteiger partial charge is 0.453 e. The molecule has 1 atom stereocenters. The molecule has 3 N–H and O–H groups in total. The molecule has 2 aromatic heterocycles. The second-order valence-electron chi connectivity index (χ2n) is 8.09. The number of alkyl carbamates (subject to hydrolysis) is 1. The lowest BCUT2D eigenvalue weighted by molar-refractivity contribution is -0.123. The lowest BCUT2D eigenvalue weighted by Crippen LogP contribution is -2.44. The van der Waals surface area contributed by atoms with Crippen LogP contribution in [0.2, 0.25) is 0 Å². The molecule has 0 radical (unpaired) electrons. The number of allylic oxidation sites excluding steroid dienone is 1. The molecule has 3 aromatic rings. The minimum atomic E-state index is -1.02. The number of imidazole rings is 1. The summed E-state index contributed by atoms with van der Waals surface area (Å²) in [5.74, 6) is -0.819. The van der Waals surface area contributed by atoms with E-state index in [0.29, 0.717) is 23.3 Å². The van der Waals surface area contributed by atoms with Gasteiger partial charge in [-0.15, -0.1) is 0 Å². The number of carbonyl (C=O) groups excluding carboxylic acids is 3. The smallest absolute Gasteiger partial charge is 0.407 e. The summed E-state index contributed by atoms with van der Waals surface area (Å²) in [4.78, 5) is 58.0. The molecular weight excluding hydrogens is 471 g/mol. The van der Waals surface area contributed by atoms with Gasteiger partial charge in [0.05, 0.1) is 24.7 Å². The van der Waals surface area contributed by atoms with Gasteiger partial charge in [0, 0.05) is 26.4 Å². The number of nitrogens with one attached hydrogen (secondary N) is 3. The SMILES string of the molecule is COC(=O)NC(CC/C=C/C(=O)N(C)C)C(=O)Nc1cccn(Cc2nc3cc(F)ccc3[nH]2)c1=O. The molecular formula is C24H27FN6O5. The first kappa shape index (κ1) is 26.1. The zero-order chi connectivity index (χ0) is 26.2. The Morgan fingerprint density at radius 2 is 2.06 bits per heavy atom. The van der Waals surface area contributed by atoms with Crippen LogP contribution in [0.3, 0.4) is 0 Å². The third-order valence-corrected chi connectivity index (χ3v) is 5.21. The molecule has 11 nitrogen and oxygen atoms in total. The number of anilines is 1. The predicted octanol–water partition coefficient (Wildman–Crippen LogP) is 2.00. The molecule has 36 heavy (non-hydrogen) atoms. The van der Waals surface area contributed by atoms with E-state index < -0.39 is 29.4 Å². The fourth-order valence-corrected chi connectivity index (χ4v) is 3.31. The number of pyridine rings is 1. The van der Waals surface area contributed by atoms with Crippen molar-refractivity contribution in [3.05, 3.63) is 70.7 Å². The van der Waals surface area contributed by atoms with E-state index in [1.54, 1.807) is 32.3 Å². The summed E-state index contributed by atoms with van der Waals surface area (Å²) in [6, 6.07) is 6.15. The maximum atomic E-state index is 13.4. The van der Waals surface area contributed by atoms with E-state index in [0.717, 1.165) is 0 Å². The van der Waals surface area contributed by atoms with Gasteiger partial charge in [0.2, 0.25) is 11.8 Å². The zero-order valence-corrected chi connectivity index (χ0v) is 20.1. The molecule has 0 aliphatic carbocycles. The third-order valence-electron chi connectivity index (χ3n) is 5.21. The van der Waals surface area contributed by atoms with E-state index in [9.17, 15) is 23.6 Å². The highest BCUT2D eigenvalue weighted by atomic mass is 19.1. The van der Waals surface area contributed by atoms with Crippen LogP contribution in [0, 0.1) is 5.82 Å². The van der Waals surface area contributed by atoms with Gasteiger partial charge < -0.3 is 29.8 Å². The van der Waals surface area contributed by atoms with Crippen molar-refractivity contribution in [2.24, 2.45) is 0 Å². The Bertz CT molecular complexity index is 1350. The first-order valence-corrected chi connectivity index (χ1v) is 11.0. The minimum absolute atomic E-state index is 0.000325. The Kier molecular flexibility index (Phi) is 8.55. The van der Waals surface area contributed by atoms with Gasteiger partial charge in [-0.1, -0.05) is 6.08 Å². The van der Waals surface area contributed by atoms with Crippen molar-refractivity contribution in [3.8, 4) is 0 Å². The maximum absolute atomic E-state index is 13.4. The number of hydrogen-bond donors (Lipinski definition) is 3. The van der Waals surface area contributed by atoms with Crippen LogP contribution in [0.25, 0.3) is 11.0 Å². The van der Waals surface area contributed by atoms with Crippen LogP contribution in [-0.4, -0.2) is 64.6 Å². The van der Waals surface area contributed by atoms with Crippen LogP contribution in [-0.2, 0) is 20.9 Å². The van der Waals surface area contributed by atoms with Gasteiger partial charge in [-0.25, -0.2) is 14.2 Å².